The summed E-state index contributed by atoms with van der Waals surface area (Å²) in [5.74, 6) is 1.03. The van der Waals surface area contributed by atoms with Crippen LogP contribution in [-0.2, 0) is 0 Å². The number of nitrogens with zero attached hydrogens (tertiary/aromatic N) is 3. The third kappa shape index (κ3) is 3.08. The first kappa shape index (κ1) is 14.9. The van der Waals surface area contributed by atoms with E-state index in [1.165, 1.54) is 4.80 Å². The van der Waals surface area contributed by atoms with Crippen LogP contribution in [0.5, 0.6) is 5.75 Å². The van der Waals surface area contributed by atoms with Gasteiger partial charge >= 0.3 is 0 Å². The summed E-state index contributed by atoms with van der Waals surface area (Å²) in [4.78, 5) is 2.57. The number of thioether (sulfide) groups is 1. The van der Waals surface area contributed by atoms with E-state index >= 15 is 0 Å². The molecule has 22 heavy (non-hydrogen) atoms. The van der Waals surface area contributed by atoms with Crippen molar-refractivity contribution in [2.45, 2.75) is 18.2 Å². The maximum Gasteiger partial charge on any atom is 0.143 e. The van der Waals surface area contributed by atoms with Crippen LogP contribution in [0.1, 0.15) is 12.0 Å². The summed E-state index contributed by atoms with van der Waals surface area (Å²) in [6.45, 7) is 2.17. The third-order valence-corrected chi connectivity index (χ3v) is 4.35. The number of aryl methyl sites for hydroxylation is 1. The van der Waals surface area contributed by atoms with Gasteiger partial charge in [0, 0.05) is 17.3 Å². The van der Waals surface area contributed by atoms with Gasteiger partial charge in [-0.15, -0.1) is 26.8 Å². The van der Waals surface area contributed by atoms with Crippen molar-refractivity contribution in [2.24, 2.45) is 0 Å². The van der Waals surface area contributed by atoms with Gasteiger partial charge < -0.3 is 10.2 Å². The van der Waals surface area contributed by atoms with Crippen molar-refractivity contribution in [3.8, 4) is 11.4 Å². The number of aliphatic hydroxyl groups is 1. The lowest BCUT2D eigenvalue weighted by Gasteiger charge is -2.03. The summed E-state index contributed by atoms with van der Waals surface area (Å²) >= 11 is 1.68. The zero-order valence-corrected chi connectivity index (χ0v) is 13.0. The highest BCUT2D eigenvalue weighted by atomic mass is 32.2. The molecule has 2 aromatic carbocycles. The molecule has 3 aromatic rings. The molecule has 3 rings (SSSR count). The van der Waals surface area contributed by atoms with E-state index in [1.54, 1.807) is 17.8 Å². The van der Waals surface area contributed by atoms with Crippen LogP contribution >= 0.6 is 11.8 Å². The van der Waals surface area contributed by atoms with Gasteiger partial charge in [-0.2, -0.15) is 0 Å². The molecule has 0 saturated heterocycles. The van der Waals surface area contributed by atoms with Crippen LogP contribution in [0.4, 0.5) is 0 Å². The minimum absolute atomic E-state index is 0.156. The Morgan fingerprint density at radius 1 is 1.09 bits per heavy atom. The molecule has 0 saturated carbocycles. The molecule has 0 atom stereocenters. The second-order valence-corrected chi connectivity index (χ2v) is 6.23. The maximum absolute atomic E-state index is 9.98. The molecule has 0 unspecified atom stereocenters. The van der Waals surface area contributed by atoms with Crippen LogP contribution in [0.15, 0.2) is 41.3 Å². The van der Waals surface area contributed by atoms with E-state index in [9.17, 15) is 5.11 Å². The van der Waals surface area contributed by atoms with Gasteiger partial charge in [0.15, 0.2) is 0 Å². The van der Waals surface area contributed by atoms with Crippen LogP contribution in [0.3, 0.4) is 0 Å². The second-order valence-electron chi connectivity index (χ2n) is 5.06. The second kappa shape index (κ2) is 6.37. The predicted octanol–water partition coefficient (Wildman–Crippen LogP) is 2.91. The van der Waals surface area contributed by atoms with Crippen molar-refractivity contribution in [3.63, 3.8) is 0 Å². The fraction of sp³-hybridized carbons (Fsp3) is 0.250. The molecule has 0 fully saturated rings. The lowest BCUT2D eigenvalue weighted by molar-refractivity contribution is 0.296. The molecule has 5 nitrogen and oxygen atoms in total. The van der Waals surface area contributed by atoms with E-state index in [4.69, 9.17) is 5.11 Å². The summed E-state index contributed by atoms with van der Waals surface area (Å²) in [6.07, 6.45) is 0.770. The summed E-state index contributed by atoms with van der Waals surface area (Å²) in [5, 5.41) is 27.7. The van der Waals surface area contributed by atoms with E-state index in [1.807, 2.05) is 37.3 Å². The summed E-state index contributed by atoms with van der Waals surface area (Å²) in [5.41, 5.74) is 3.18. The van der Waals surface area contributed by atoms with E-state index in [0.717, 1.165) is 33.7 Å². The number of phenols is 1. The molecule has 0 aliphatic heterocycles. The Morgan fingerprint density at radius 3 is 2.73 bits per heavy atom. The van der Waals surface area contributed by atoms with Crippen LogP contribution in [0.2, 0.25) is 0 Å². The van der Waals surface area contributed by atoms with Gasteiger partial charge in [-0.25, -0.2) is 0 Å². The quantitative estimate of drug-likeness (QED) is 0.559. The molecule has 6 heteroatoms. The van der Waals surface area contributed by atoms with Crippen molar-refractivity contribution in [1.82, 2.24) is 15.0 Å². The molecule has 0 bridgehead atoms. The molecule has 0 aliphatic rings. The number of aliphatic hydroxyl groups excluding tert-OH is 1. The first-order valence-electron chi connectivity index (χ1n) is 7.08. The molecular formula is C16H17N3O2S. The Balaban J connectivity index is 1.94. The van der Waals surface area contributed by atoms with Crippen molar-refractivity contribution in [2.75, 3.05) is 12.4 Å². The SMILES string of the molecule is Cc1ccc(O)c(-n2nc3ccc(SCCCO)cc3n2)c1. The zero-order chi connectivity index (χ0) is 15.5. The first-order valence-corrected chi connectivity index (χ1v) is 8.07. The Bertz CT molecular complexity index is 801. The highest BCUT2D eigenvalue weighted by Crippen LogP contribution is 2.25. The van der Waals surface area contributed by atoms with Gasteiger partial charge in [-0.3, -0.25) is 0 Å². The topological polar surface area (TPSA) is 71.2 Å². The first-order chi connectivity index (χ1) is 10.7. The van der Waals surface area contributed by atoms with Gasteiger partial charge in [0.2, 0.25) is 0 Å². The number of rotatable bonds is 5. The monoisotopic (exact) mass is 315 g/mol. The lowest BCUT2D eigenvalue weighted by Crippen LogP contribution is -1.99. The van der Waals surface area contributed by atoms with Crippen molar-refractivity contribution in [3.05, 3.63) is 42.0 Å². The average molecular weight is 315 g/mol. The van der Waals surface area contributed by atoms with E-state index in [0.29, 0.717) is 5.69 Å². The van der Waals surface area contributed by atoms with Gasteiger partial charge in [0.05, 0.1) is 0 Å². The summed E-state index contributed by atoms with van der Waals surface area (Å²) in [7, 11) is 0. The number of hydrogen-bond donors (Lipinski definition) is 2. The van der Waals surface area contributed by atoms with Gasteiger partial charge in [0.25, 0.3) is 0 Å². The maximum atomic E-state index is 9.98. The summed E-state index contributed by atoms with van der Waals surface area (Å²) < 4.78 is 0. The smallest absolute Gasteiger partial charge is 0.143 e. The van der Waals surface area contributed by atoms with Crippen LogP contribution < -0.4 is 0 Å². The number of benzene rings is 2. The van der Waals surface area contributed by atoms with Crippen LogP contribution in [-0.4, -0.2) is 37.6 Å². The van der Waals surface area contributed by atoms with E-state index < -0.39 is 0 Å². The predicted molar refractivity (Wildman–Crippen MR) is 87.7 cm³/mol. The van der Waals surface area contributed by atoms with Crippen LogP contribution in [0.25, 0.3) is 16.7 Å². The van der Waals surface area contributed by atoms with Crippen molar-refractivity contribution in [1.29, 1.82) is 0 Å². The Hall–Kier alpha value is -2.05. The zero-order valence-electron chi connectivity index (χ0n) is 12.2. The summed E-state index contributed by atoms with van der Waals surface area (Å²) in [6, 6.07) is 11.2. The third-order valence-electron chi connectivity index (χ3n) is 3.27. The largest absolute Gasteiger partial charge is 0.506 e. The Labute approximate surface area is 132 Å². The molecule has 0 radical (unpaired) electrons. The van der Waals surface area contributed by atoms with E-state index in [2.05, 4.69) is 10.2 Å². The fourth-order valence-electron chi connectivity index (χ4n) is 2.14. The molecule has 1 aromatic heterocycles. The van der Waals surface area contributed by atoms with Gasteiger partial charge in [-0.05, 0) is 49.2 Å². The standard InChI is InChI=1S/C16H17N3O2S/c1-11-3-6-16(21)15(9-11)19-17-13-5-4-12(10-14(13)18-19)22-8-2-7-20/h3-6,9-10,20-21H,2,7-8H2,1H3. The highest BCUT2D eigenvalue weighted by molar-refractivity contribution is 7.99. The minimum Gasteiger partial charge on any atom is -0.506 e. The molecular weight excluding hydrogens is 298 g/mol. The number of aromatic nitrogens is 3. The van der Waals surface area contributed by atoms with Gasteiger partial charge in [0.1, 0.15) is 22.5 Å². The molecule has 1 heterocycles. The Morgan fingerprint density at radius 2 is 1.91 bits per heavy atom. The minimum atomic E-state index is 0.156. The number of aromatic hydroxyl groups is 1. The molecule has 0 amide bonds. The number of fused-ring (bicyclic) bond motifs is 1. The normalized spacial score (nSPS) is 11.2. The van der Waals surface area contributed by atoms with E-state index in [-0.39, 0.29) is 12.4 Å². The molecule has 0 aliphatic carbocycles. The van der Waals surface area contributed by atoms with Gasteiger partial charge in [-0.1, -0.05) is 6.07 Å². The highest BCUT2D eigenvalue weighted by Gasteiger charge is 2.09. The number of phenolic OH excluding ortho intramolecular Hbond substituents is 1. The molecule has 0 spiro atoms. The number of hydrogen-bond acceptors (Lipinski definition) is 5. The Kier molecular flexibility index (Phi) is 4.31. The molecule has 2 N–H and O–H groups in total. The molecule has 114 valence electrons. The lowest BCUT2D eigenvalue weighted by atomic mass is 10.2. The van der Waals surface area contributed by atoms with Crippen molar-refractivity contribution < 1.29 is 10.2 Å². The average Bonchev–Trinajstić information content (AvgIpc) is 2.93. The van der Waals surface area contributed by atoms with Crippen LogP contribution in [0, 0.1) is 6.92 Å². The van der Waals surface area contributed by atoms with Crippen molar-refractivity contribution >= 4 is 22.8 Å². The fourth-order valence-corrected chi connectivity index (χ4v) is 3.01.